The fourth-order valence-corrected chi connectivity index (χ4v) is 1.64. The Hall–Kier alpha value is -2.90. The monoisotopic (exact) mass is 276 g/mol. The Morgan fingerprint density at radius 3 is 2.90 bits per heavy atom. The van der Waals surface area contributed by atoms with Crippen LogP contribution in [0.3, 0.4) is 0 Å². The SMILES string of the molecule is CCNc1ccc([N+](=O)[O-])cc1C(=O)Nc1cnoc1. The van der Waals surface area contributed by atoms with Crippen LogP contribution in [0.15, 0.2) is 35.2 Å². The number of nitrogens with one attached hydrogen (secondary N) is 2. The molecule has 0 spiro atoms. The van der Waals surface area contributed by atoms with Crippen LogP contribution in [0.25, 0.3) is 0 Å². The smallest absolute Gasteiger partial charge is 0.270 e. The number of rotatable bonds is 5. The van der Waals surface area contributed by atoms with Crippen molar-refractivity contribution in [2.75, 3.05) is 17.2 Å². The van der Waals surface area contributed by atoms with Gasteiger partial charge < -0.3 is 15.2 Å². The normalized spacial score (nSPS) is 10.1. The lowest BCUT2D eigenvalue weighted by molar-refractivity contribution is -0.384. The highest BCUT2D eigenvalue weighted by molar-refractivity contribution is 6.08. The van der Waals surface area contributed by atoms with E-state index < -0.39 is 10.8 Å². The second kappa shape index (κ2) is 5.83. The molecule has 2 aromatic rings. The van der Waals surface area contributed by atoms with E-state index in [0.717, 1.165) is 0 Å². The van der Waals surface area contributed by atoms with Gasteiger partial charge in [0.2, 0.25) is 0 Å². The number of aromatic nitrogens is 1. The first-order valence-corrected chi connectivity index (χ1v) is 5.85. The summed E-state index contributed by atoms with van der Waals surface area (Å²) in [5, 5.41) is 19.8. The molecule has 0 aliphatic carbocycles. The molecule has 8 nitrogen and oxygen atoms in total. The molecule has 1 heterocycles. The molecule has 2 rings (SSSR count). The van der Waals surface area contributed by atoms with E-state index in [0.29, 0.717) is 17.9 Å². The Bertz CT molecular complexity index is 624. The minimum Gasteiger partial charge on any atom is -0.385 e. The summed E-state index contributed by atoms with van der Waals surface area (Å²) in [6, 6.07) is 4.07. The van der Waals surface area contributed by atoms with Crippen molar-refractivity contribution in [3.63, 3.8) is 0 Å². The summed E-state index contributed by atoms with van der Waals surface area (Å²) >= 11 is 0. The molecule has 104 valence electrons. The van der Waals surface area contributed by atoms with Crippen LogP contribution >= 0.6 is 0 Å². The lowest BCUT2D eigenvalue weighted by Crippen LogP contribution is -2.14. The second-order valence-corrected chi connectivity index (χ2v) is 3.88. The summed E-state index contributed by atoms with van der Waals surface area (Å²) in [5.74, 6) is -0.479. The van der Waals surface area contributed by atoms with Crippen LogP contribution in [-0.2, 0) is 0 Å². The highest BCUT2D eigenvalue weighted by Crippen LogP contribution is 2.23. The Morgan fingerprint density at radius 1 is 1.50 bits per heavy atom. The molecule has 1 aromatic carbocycles. The van der Waals surface area contributed by atoms with Crippen molar-refractivity contribution >= 4 is 23.0 Å². The largest absolute Gasteiger partial charge is 0.385 e. The summed E-state index contributed by atoms with van der Waals surface area (Å²) in [7, 11) is 0. The average Bonchev–Trinajstić information content (AvgIpc) is 2.92. The van der Waals surface area contributed by atoms with Crippen LogP contribution in [0.4, 0.5) is 17.1 Å². The number of carbonyl (C=O) groups excluding carboxylic acids is 1. The van der Waals surface area contributed by atoms with Crippen molar-refractivity contribution in [3.05, 3.63) is 46.3 Å². The molecule has 0 saturated carbocycles. The standard InChI is InChI=1S/C12H12N4O4/c1-2-13-11-4-3-9(16(18)19)5-10(11)12(17)15-8-6-14-20-7-8/h3-7,13H,2H2,1H3,(H,15,17). The van der Waals surface area contributed by atoms with Crippen LogP contribution in [0.5, 0.6) is 0 Å². The van der Waals surface area contributed by atoms with Crippen molar-refractivity contribution in [2.24, 2.45) is 0 Å². The Labute approximate surface area is 113 Å². The Morgan fingerprint density at radius 2 is 2.30 bits per heavy atom. The van der Waals surface area contributed by atoms with E-state index in [1.165, 1.54) is 30.7 Å². The van der Waals surface area contributed by atoms with E-state index in [2.05, 4.69) is 20.3 Å². The van der Waals surface area contributed by atoms with E-state index in [1.807, 2.05) is 6.92 Å². The maximum absolute atomic E-state index is 12.1. The van der Waals surface area contributed by atoms with Gasteiger partial charge in [0.15, 0.2) is 0 Å². The number of hydrogen-bond donors (Lipinski definition) is 2. The van der Waals surface area contributed by atoms with Gasteiger partial charge in [-0.05, 0) is 13.0 Å². The molecule has 0 bridgehead atoms. The summed E-state index contributed by atoms with van der Waals surface area (Å²) < 4.78 is 4.60. The third-order valence-corrected chi connectivity index (χ3v) is 2.52. The van der Waals surface area contributed by atoms with Crippen molar-refractivity contribution in [2.45, 2.75) is 6.92 Å². The molecular formula is C12H12N4O4. The molecule has 0 saturated heterocycles. The van der Waals surface area contributed by atoms with Crippen molar-refractivity contribution in [1.29, 1.82) is 0 Å². The molecule has 0 aliphatic rings. The Kier molecular flexibility index (Phi) is 3.94. The highest BCUT2D eigenvalue weighted by atomic mass is 16.6. The van der Waals surface area contributed by atoms with Crippen LogP contribution < -0.4 is 10.6 Å². The van der Waals surface area contributed by atoms with E-state index in [1.54, 1.807) is 0 Å². The van der Waals surface area contributed by atoms with Crippen molar-refractivity contribution in [3.8, 4) is 0 Å². The molecule has 0 fully saturated rings. The summed E-state index contributed by atoms with van der Waals surface area (Å²) in [6.07, 6.45) is 2.60. The third kappa shape index (κ3) is 2.91. The predicted octanol–water partition coefficient (Wildman–Crippen LogP) is 2.27. The summed E-state index contributed by atoms with van der Waals surface area (Å²) in [6.45, 7) is 2.45. The summed E-state index contributed by atoms with van der Waals surface area (Å²) in [4.78, 5) is 22.4. The van der Waals surface area contributed by atoms with Gasteiger partial charge in [0.1, 0.15) is 12.0 Å². The quantitative estimate of drug-likeness (QED) is 0.640. The number of carbonyl (C=O) groups is 1. The molecule has 1 amide bonds. The lowest BCUT2D eigenvalue weighted by Gasteiger charge is -2.10. The highest BCUT2D eigenvalue weighted by Gasteiger charge is 2.17. The maximum atomic E-state index is 12.1. The van der Waals surface area contributed by atoms with E-state index in [-0.39, 0.29) is 11.3 Å². The molecule has 20 heavy (non-hydrogen) atoms. The van der Waals surface area contributed by atoms with Gasteiger partial charge in [-0.15, -0.1) is 0 Å². The molecule has 1 aromatic heterocycles. The molecule has 0 aliphatic heterocycles. The van der Waals surface area contributed by atoms with E-state index in [4.69, 9.17) is 0 Å². The number of nitrogens with zero attached hydrogens (tertiary/aromatic N) is 2. The third-order valence-electron chi connectivity index (χ3n) is 2.52. The molecule has 0 radical (unpaired) electrons. The number of nitro groups is 1. The van der Waals surface area contributed by atoms with Crippen LogP contribution in [0.1, 0.15) is 17.3 Å². The van der Waals surface area contributed by atoms with Gasteiger partial charge in [-0.1, -0.05) is 5.16 Å². The number of anilines is 2. The summed E-state index contributed by atoms with van der Waals surface area (Å²) in [5.41, 5.74) is 0.931. The molecule has 0 atom stereocenters. The molecule has 2 N–H and O–H groups in total. The molecule has 0 unspecified atom stereocenters. The van der Waals surface area contributed by atoms with Gasteiger partial charge in [-0.3, -0.25) is 14.9 Å². The fourth-order valence-electron chi connectivity index (χ4n) is 1.64. The first-order chi connectivity index (χ1) is 9.61. The van der Waals surface area contributed by atoms with Gasteiger partial charge in [-0.2, -0.15) is 0 Å². The van der Waals surface area contributed by atoms with Crippen LogP contribution in [0.2, 0.25) is 0 Å². The molecule has 8 heteroatoms. The zero-order valence-corrected chi connectivity index (χ0v) is 10.6. The number of hydrogen-bond acceptors (Lipinski definition) is 6. The van der Waals surface area contributed by atoms with Gasteiger partial charge >= 0.3 is 0 Å². The van der Waals surface area contributed by atoms with Gasteiger partial charge in [0.05, 0.1) is 16.7 Å². The average molecular weight is 276 g/mol. The van der Waals surface area contributed by atoms with E-state index in [9.17, 15) is 14.9 Å². The van der Waals surface area contributed by atoms with Gasteiger partial charge in [0.25, 0.3) is 11.6 Å². The van der Waals surface area contributed by atoms with Crippen molar-refractivity contribution in [1.82, 2.24) is 5.16 Å². The van der Waals surface area contributed by atoms with E-state index >= 15 is 0 Å². The van der Waals surface area contributed by atoms with Crippen LogP contribution in [0, 0.1) is 10.1 Å². The lowest BCUT2D eigenvalue weighted by atomic mass is 10.1. The number of benzene rings is 1. The zero-order valence-electron chi connectivity index (χ0n) is 10.6. The van der Waals surface area contributed by atoms with Crippen LogP contribution in [-0.4, -0.2) is 22.5 Å². The fraction of sp³-hybridized carbons (Fsp3) is 0.167. The number of nitro benzene ring substituents is 1. The Balaban J connectivity index is 2.33. The zero-order chi connectivity index (χ0) is 14.5. The van der Waals surface area contributed by atoms with Gasteiger partial charge in [0, 0.05) is 24.4 Å². The minimum atomic E-state index is -0.550. The first-order valence-electron chi connectivity index (χ1n) is 5.85. The minimum absolute atomic E-state index is 0.151. The number of non-ortho nitro benzene ring substituents is 1. The van der Waals surface area contributed by atoms with Crippen molar-refractivity contribution < 1.29 is 14.2 Å². The predicted molar refractivity (Wildman–Crippen MR) is 71.7 cm³/mol. The number of amides is 1. The van der Waals surface area contributed by atoms with Gasteiger partial charge in [-0.25, -0.2) is 0 Å². The topological polar surface area (TPSA) is 110 Å². The second-order valence-electron chi connectivity index (χ2n) is 3.88. The molecular weight excluding hydrogens is 264 g/mol. The first kappa shape index (κ1) is 13.5. The maximum Gasteiger partial charge on any atom is 0.270 e.